The Morgan fingerprint density at radius 2 is 2.19 bits per heavy atom. The molecule has 1 saturated heterocycles. The number of ether oxygens (including phenoxy) is 2. The molecule has 1 unspecified atom stereocenters. The average molecular weight is 374 g/mol. The highest BCUT2D eigenvalue weighted by atomic mass is 16.5. The summed E-state index contributed by atoms with van der Waals surface area (Å²) in [4.78, 5) is 17.4. The van der Waals surface area contributed by atoms with Gasteiger partial charge in [0.05, 0.1) is 23.6 Å². The molecular formula is C20H30N4O3. The lowest BCUT2D eigenvalue weighted by Gasteiger charge is -2.27. The minimum atomic E-state index is -0.165. The molecule has 148 valence electrons. The van der Waals surface area contributed by atoms with Gasteiger partial charge in [-0.3, -0.25) is 9.79 Å². The fourth-order valence-corrected chi connectivity index (χ4v) is 3.35. The summed E-state index contributed by atoms with van der Waals surface area (Å²) in [5.74, 6) is 1.18. The van der Waals surface area contributed by atoms with E-state index in [1.54, 1.807) is 6.07 Å². The van der Waals surface area contributed by atoms with E-state index in [1.807, 2.05) is 13.0 Å². The summed E-state index contributed by atoms with van der Waals surface area (Å²) in [6.45, 7) is 6.49. The smallest absolute Gasteiger partial charge is 0.255 e. The minimum Gasteiger partial charge on any atom is -0.491 e. The van der Waals surface area contributed by atoms with Crippen LogP contribution in [0.25, 0.3) is 6.08 Å². The van der Waals surface area contributed by atoms with Crippen molar-refractivity contribution in [3.05, 3.63) is 28.3 Å². The van der Waals surface area contributed by atoms with E-state index in [-0.39, 0.29) is 11.9 Å². The first-order chi connectivity index (χ1) is 13.2. The summed E-state index contributed by atoms with van der Waals surface area (Å²) in [5, 5.41) is 7.99. The molecule has 27 heavy (non-hydrogen) atoms. The monoisotopic (exact) mass is 374 g/mol. The molecule has 1 aromatic rings. The molecule has 0 saturated carbocycles. The van der Waals surface area contributed by atoms with Crippen LogP contribution in [-0.4, -0.2) is 57.9 Å². The normalized spacial score (nSPS) is 18.2. The molecule has 0 bridgehead atoms. The Bertz CT molecular complexity index is 761. The average Bonchev–Trinajstić information content (AvgIpc) is 3.05. The molecule has 1 atom stereocenters. The molecule has 0 aliphatic carbocycles. The number of carbonyl (C=O) groups excluding carboxylic acids is 1. The van der Waals surface area contributed by atoms with Crippen LogP contribution in [0, 0.1) is 5.92 Å². The van der Waals surface area contributed by atoms with E-state index in [9.17, 15) is 4.79 Å². The SMILES string of the molecule is CCOCCNC(=O)c1ccc2c(c1OCCN)=CC(CCC1CNC1)N=2. The van der Waals surface area contributed by atoms with Crippen LogP contribution < -0.4 is 31.7 Å². The van der Waals surface area contributed by atoms with Crippen LogP contribution in [0.1, 0.15) is 30.1 Å². The van der Waals surface area contributed by atoms with Gasteiger partial charge in [-0.1, -0.05) is 0 Å². The largest absolute Gasteiger partial charge is 0.491 e. The zero-order valence-corrected chi connectivity index (χ0v) is 16.0. The number of hydrogen-bond acceptors (Lipinski definition) is 6. The highest BCUT2D eigenvalue weighted by molar-refractivity contribution is 5.97. The van der Waals surface area contributed by atoms with Crippen molar-refractivity contribution in [2.75, 3.05) is 46.0 Å². The first kappa shape index (κ1) is 19.8. The number of carbonyl (C=O) groups is 1. The molecule has 2 aliphatic rings. The Hall–Kier alpha value is -1.96. The van der Waals surface area contributed by atoms with Gasteiger partial charge in [-0.2, -0.15) is 0 Å². The summed E-state index contributed by atoms with van der Waals surface area (Å²) < 4.78 is 11.1. The van der Waals surface area contributed by atoms with Crippen molar-refractivity contribution in [1.82, 2.24) is 10.6 Å². The van der Waals surface area contributed by atoms with Crippen molar-refractivity contribution < 1.29 is 14.3 Å². The predicted molar refractivity (Wildman–Crippen MR) is 104 cm³/mol. The van der Waals surface area contributed by atoms with Gasteiger partial charge in [0.2, 0.25) is 0 Å². The maximum atomic E-state index is 12.6. The molecule has 2 aliphatic heterocycles. The summed E-state index contributed by atoms with van der Waals surface area (Å²) in [6, 6.07) is 3.84. The second kappa shape index (κ2) is 9.82. The van der Waals surface area contributed by atoms with Gasteiger partial charge >= 0.3 is 0 Å². The van der Waals surface area contributed by atoms with E-state index in [0.29, 0.717) is 44.2 Å². The second-order valence-corrected chi connectivity index (χ2v) is 6.93. The zero-order valence-electron chi connectivity index (χ0n) is 16.0. The Labute approximate surface area is 160 Å². The zero-order chi connectivity index (χ0) is 19.1. The van der Waals surface area contributed by atoms with Crippen molar-refractivity contribution in [3.63, 3.8) is 0 Å². The van der Waals surface area contributed by atoms with Crippen LogP contribution in [0.5, 0.6) is 5.75 Å². The second-order valence-electron chi connectivity index (χ2n) is 6.93. The van der Waals surface area contributed by atoms with Gasteiger partial charge in [0.15, 0.2) is 0 Å². The van der Waals surface area contributed by atoms with Gasteiger partial charge in [-0.25, -0.2) is 0 Å². The number of hydrogen-bond donors (Lipinski definition) is 3. The van der Waals surface area contributed by atoms with E-state index >= 15 is 0 Å². The van der Waals surface area contributed by atoms with Gasteiger partial charge < -0.3 is 25.8 Å². The number of nitrogens with two attached hydrogens (primary N) is 1. The van der Waals surface area contributed by atoms with Crippen molar-refractivity contribution in [2.45, 2.75) is 25.8 Å². The molecular weight excluding hydrogens is 344 g/mol. The maximum Gasteiger partial charge on any atom is 0.255 e. The lowest BCUT2D eigenvalue weighted by molar-refractivity contribution is 0.0918. The van der Waals surface area contributed by atoms with Gasteiger partial charge in [-0.15, -0.1) is 0 Å². The lowest BCUT2D eigenvalue weighted by Crippen LogP contribution is -2.42. The number of rotatable bonds is 11. The number of amides is 1. The van der Waals surface area contributed by atoms with Crippen LogP contribution in [0.4, 0.5) is 0 Å². The third-order valence-corrected chi connectivity index (χ3v) is 4.92. The lowest BCUT2D eigenvalue weighted by atomic mass is 9.95. The van der Waals surface area contributed by atoms with Crippen molar-refractivity contribution in [3.8, 4) is 5.75 Å². The van der Waals surface area contributed by atoms with Crippen LogP contribution in [0.3, 0.4) is 0 Å². The Kier molecular flexibility index (Phi) is 7.20. The van der Waals surface area contributed by atoms with Gasteiger partial charge in [0.25, 0.3) is 5.91 Å². The van der Waals surface area contributed by atoms with Crippen LogP contribution >= 0.6 is 0 Å². The van der Waals surface area contributed by atoms with Gasteiger partial charge in [-0.05, 0) is 57.0 Å². The number of nitrogens with one attached hydrogen (secondary N) is 2. The third kappa shape index (κ3) is 5.06. The van der Waals surface area contributed by atoms with E-state index < -0.39 is 0 Å². The maximum absolute atomic E-state index is 12.6. The van der Waals surface area contributed by atoms with E-state index in [2.05, 4.69) is 16.7 Å². The fourth-order valence-electron chi connectivity index (χ4n) is 3.35. The third-order valence-electron chi connectivity index (χ3n) is 4.92. The van der Waals surface area contributed by atoms with E-state index in [4.69, 9.17) is 20.2 Å². The Balaban J connectivity index is 1.75. The molecule has 1 fully saturated rings. The first-order valence-electron chi connectivity index (χ1n) is 9.85. The molecule has 0 spiro atoms. The van der Waals surface area contributed by atoms with Gasteiger partial charge in [0, 0.05) is 24.9 Å². The van der Waals surface area contributed by atoms with Crippen molar-refractivity contribution in [1.29, 1.82) is 0 Å². The van der Waals surface area contributed by atoms with Crippen molar-refractivity contribution >= 4 is 12.0 Å². The van der Waals surface area contributed by atoms with E-state index in [0.717, 1.165) is 42.4 Å². The highest BCUT2D eigenvalue weighted by Crippen LogP contribution is 2.18. The summed E-state index contributed by atoms with van der Waals surface area (Å²) in [7, 11) is 0. The summed E-state index contributed by atoms with van der Waals surface area (Å²) >= 11 is 0. The van der Waals surface area contributed by atoms with Crippen LogP contribution in [0.2, 0.25) is 0 Å². The Morgan fingerprint density at radius 3 is 2.89 bits per heavy atom. The molecule has 1 aromatic carbocycles. The molecule has 0 radical (unpaired) electrons. The molecule has 3 rings (SSSR count). The quantitative estimate of drug-likeness (QED) is 0.457. The van der Waals surface area contributed by atoms with E-state index in [1.165, 1.54) is 0 Å². The molecule has 1 amide bonds. The highest BCUT2D eigenvalue weighted by Gasteiger charge is 2.21. The Morgan fingerprint density at radius 1 is 1.33 bits per heavy atom. The number of fused-ring (bicyclic) bond motifs is 1. The van der Waals surface area contributed by atoms with Crippen LogP contribution in [-0.2, 0) is 4.74 Å². The topological polar surface area (TPSA) is 98.0 Å². The molecule has 7 nitrogen and oxygen atoms in total. The van der Waals surface area contributed by atoms with Crippen LogP contribution in [0.15, 0.2) is 17.1 Å². The molecule has 7 heteroatoms. The molecule has 4 N–H and O–H groups in total. The number of nitrogens with zero attached hydrogens (tertiary/aromatic N) is 1. The van der Waals surface area contributed by atoms with Crippen molar-refractivity contribution in [2.24, 2.45) is 16.6 Å². The minimum absolute atomic E-state index is 0.150. The first-order valence-corrected chi connectivity index (χ1v) is 9.85. The summed E-state index contributed by atoms with van der Waals surface area (Å²) in [5.41, 5.74) is 6.13. The number of benzene rings is 1. The summed E-state index contributed by atoms with van der Waals surface area (Å²) in [6.07, 6.45) is 4.31. The fraction of sp³-hybridized carbons (Fsp3) is 0.600. The molecule has 0 aromatic heterocycles. The predicted octanol–water partition coefficient (Wildman–Crippen LogP) is -0.428. The van der Waals surface area contributed by atoms with Gasteiger partial charge in [0.1, 0.15) is 12.4 Å². The molecule has 2 heterocycles. The standard InChI is InChI=1S/C20H30N4O3/c1-2-26-10-8-23-20(25)16-5-6-18-17(19(16)27-9-7-21)11-15(24-18)4-3-14-12-22-13-14/h5-6,11,14-15,22H,2-4,7-10,12-13,21H2,1H3,(H,23,25).